The van der Waals surface area contributed by atoms with Crippen LogP contribution in [0.15, 0.2) is 12.3 Å². The van der Waals surface area contributed by atoms with Gasteiger partial charge in [0.1, 0.15) is 5.69 Å². The highest BCUT2D eigenvalue weighted by Gasteiger charge is 2.16. The van der Waals surface area contributed by atoms with Crippen LogP contribution in [0.3, 0.4) is 0 Å². The van der Waals surface area contributed by atoms with Crippen molar-refractivity contribution in [2.45, 2.75) is 13.3 Å². The smallest absolute Gasteiger partial charge is 0.272 e. The van der Waals surface area contributed by atoms with Crippen molar-refractivity contribution in [1.82, 2.24) is 14.7 Å². The fraction of sp³-hybridized carbons (Fsp3) is 0.600. The van der Waals surface area contributed by atoms with Gasteiger partial charge in [0.05, 0.1) is 0 Å². The minimum absolute atomic E-state index is 0.0541. The normalized spacial score (nSPS) is 10.3. The third-order valence-electron chi connectivity index (χ3n) is 2.27. The number of hydrogen-bond acceptors (Lipinski definition) is 2. The van der Waals surface area contributed by atoms with Crippen molar-refractivity contribution in [3.63, 3.8) is 0 Å². The van der Waals surface area contributed by atoms with Gasteiger partial charge in [-0.05, 0) is 19.4 Å². The van der Waals surface area contributed by atoms with Crippen molar-refractivity contribution < 1.29 is 4.79 Å². The zero-order valence-electron chi connectivity index (χ0n) is 9.11. The Bertz CT molecular complexity index is 324. The molecule has 0 aliphatic rings. The van der Waals surface area contributed by atoms with Crippen molar-refractivity contribution in [2.24, 2.45) is 7.05 Å². The lowest BCUT2D eigenvalue weighted by Crippen LogP contribution is -2.33. The maximum absolute atomic E-state index is 12.0. The molecule has 1 rings (SSSR count). The first kappa shape index (κ1) is 12.2. The molecule has 5 heteroatoms. The Balaban J connectivity index is 2.69. The van der Waals surface area contributed by atoms with E-state index in [0.717, 1.165) is 24.8 Å². The highest BCUT2D eigenvalue weighted by Crippen LogP contribution is 2.04. The van der Waals surface area contributed by atoms with Crippen LogP contribution in [0, 0.1) is 0 Å². The van der Waals surface area contributed by atoms with E-state index in [2.05, 4.69) is 21.0 Å². The number of aryl methyl sites for hydroxylation is 1. The summed E-state index contributed by atoms with van der Waals surface area (Å²) in [5, 5.41) is 4.91. The van der Waals surface area contributed by atoms with E-state index in [1.165, 1.54) is 0 Å². The van der Waals surface area contributed by atoms with Crippen LogP contribution >= 0.6 is 15.9 Å². The maximum atomic E-state index is 12.0. The average Bonchev–Trinajstić information content (AvgIpc) is 2.65. The van der Waals surface area contributed by atoms with Crippen LogP contribution in [0.25, 0.3) is 0 Å². The number of rotatable bonds is 5. The van der Waals surface area contributed by atoms with E-state index in [-0.39, 0.29) is 5.91 Å². The Kier molecular flexibility index (Phi) is 4.81. The minimum Gasteiger partial charge on any atom is -0.338 e. The average molecular weight is 274 g/mol. The summed E-state index contributed by atoms with van der Waals surface area (Å²) in [4.78, 5) is 13.8. The number of amides is 1. The summed E-state index contributed by atoms with van der Waals surface area (Å²) in [5.74, 6) is 0.0541. The maximum Gasteiger partial charge on any atom is 0.272 e. The molecule has 1 heterocycles. The lowest BCUT2D eigenvalue weighted by molar-refractivity contribution is 0.0754. The van der Waals surface area contributed by atoms with Gasteiger partial charge >= 0.3 is 0 Å². The molecular weight excluding hydrogens is 258 g/mol. The SMILES string of the molecule is CCN(CCCBr)C(=O)c1ccnn1C. The Morgan fingerprint density at radius 2 is 2.40 bits per heavy atom. The lowest BCUT2D eigenvalue weighted by Gasteiger charge is -2.20. The summed E-state index contributed by atoms with van der Waals surface area (Å²) in [7, 11) is 1.78. The summed E-state index contributed by atoms with van der Waals surface area (Å²) in [6, 6.07) is 1.75. The summed E-state index contributed by atoms with van der Waals surface area (Å²) < 4.78 is 1.61. The lowest BCUT2D eigenvalue weighted by atomic mass is 10.3. The van der Waals surface area contributed by atoms with E-state index in [1.54, 1.807) is 24.0 Å². The Morgan fingerprint density at radius 1 is 1.67 bits per heavy atom. The zero-order valence-corrected chi connectivity index (χ0v) is 10.7. The summed E-state index contributed by atoms with van der Waals surface area (Å²) in [6.07, 6.45) is 2.61. The number of nitrogens with zero attached hydrogens (tertiary/aromatic N) is 3. The molecule has 0 aromatic carbocycles. The molecule has 84 valence electrons. The van der Waals surface area contributed by atoms with E-state index in [4.69, 9.17) is 0 Å². The second kappa shape index (κ2) is 5.90. The molecule has 0 spiro atoms. The second-order valence-corrected chi connectivity index (χ2v) is 4.06. The van der Waals surface area contributed by atoms with Crippen LogP contribution in [-0.4, -0.2) is 39.0 Å². The van der Waals surface area contributed by atoms with Gasteiger partial charge in [0.15, 0.2) is 0 Å². The van der Waals surface area contributed by atoms with E-state index >= 15 is 0 Å². The summed E-state index contributed by atoms with van der Waals surface area (Å²) in [5.41, 5.74) is 0.645. The standard InChI is InChI=1S/C10H16BrN3O/c1-3-14(8-4-6-11)10(15)9-5-7-12-13(9)2/h5,7H,3-4,6,8H2,1-2H3. The van der Waals surface area contributed by atoms with Crippen molar-refractivity contribution in [3.8, 4) is 0 Å². The van der Waals surface area contributed by atoms with Crippen LogP contribution in [-0.2, 0) is 7.05 Å². The molecule has 15 heavy (non-hydrogen) atoms. The first-order chi connectivity index (χ1) is 7.20. The number of aromatic nitrogens is 2. The van der Waals surface area contributed by atoms with Gasteiger partial charge < -0.3 is 4.90 Å². The predicted octanol–water partition coefficient (Wildman–Crippen LogP) is 1.67. The fourth-order valence-corrected chi connectivity index (χ4v) is 1.65. The molecule has 0 unspecified atom stereocenters. The van der Waals surface area contributed by atoms with Crippen molar-refractivity contribution >= 4 is 21.8 Å². The van der Waals surface area contributed by atoms with Crippen molar-refractivity contribution in [3.05, 3.63) is 18.0 Å². The number of carbonyl (C=O) groups excluding carboxylic acids is 1. The third kappa shape index (κ3) is 3.06. The van der Waals surface area contributed by atoms with Gasteiger partial charge in [-0.3, -0.25) is 9.48 Å². The number of halogens is 1. The van der Waals surface area contributed by atoms with Gasteiger partial charge in [-0.25, -0.2) is 0 Å². The number of hydrogen-bond donors (Lipinski definition) is 0. The first-order valence-electron chi connectivity index (χ1n) is 5.04. The molecule has 4 nitrogen and oxygen atoms in total. The van der Waals surface area contributed by atoms with E-state index in [1.807, 2.05) is 11.8 Å². The number of carbonyl (C=O) groups is 1. The van der Waals surface area contributed by atoms with Crippen LogP contribution in [0.4, 0.5) is 0 Å². The fourth-order valence-electron chi connectivity index (χ4n) is 1.40. The highest BCUT2D eigenvalue weighted by molar-refractivity contribution is 9.09. The van der Waals surface area contributed by atoms with E-state index in [9.17, 15) is 4.79 Å². The predicted molar refractivity (Wildman–Crippen MR) is 63.2 cm³/mol. The Hall–Kier alpha value is -0.840. The molecule has 0 atom stereocenters. The van der Waals surface area contributed by atoms with Gasteiger partial charge in [-0.2, -0.15) is 5.10 Å². The molecule has 0 radical (unpaired) electrons. The van der Waals surface area contributed by atoms with E-state index < -0.39 is 0 Å². The minimum atomic E-state index is 0.0541. The van der Waals surface area contributed by atoms with Crippen molar-refractivity contribution in [2.75, 3.05) is 18.4 Å². The van der Waals surface area contributed by atoms with Crippen LogP contribution in [0.2, 0.25) is 0 Å². The number of alkyl halides is 1. The topological polar surface area (TPSA) is 38.1 Å². The van der Waals surface area contributed by atoms with Gasteiger partial charge in [0, 0.05) is 31.7 Å². The third-order valence-corrected chi connectivity index (χ3v) is 2.83. The largest absolute Gasteiger partial charge is 0.338 e. The Labute approximate surface area is 98.4 Å². The molecule has 1 amide bonds. The Morgan fingerprint density at radius 3 is 2.87 bits per heavy atom. The van der Waals surface area contributed by atoms with Gasteiger partial charge in [0.25, 0.3) is 5.91 Å². The molecule has 0 saturated carbocycles. The summed E-state index contributed by atoms with van der Waals surface area (Å²) >= 11 is 3.36. The summed E-state index contributed by atoms with van der Waals surface area (Å²) in [6.45, 7) is 3.51. The van der Waals surface area contributed by atoms with Crippen LogP contribution in [0.5, 0.6) is 0 Å². The highest BCUT2D eigenvalue weighted by atomic mass is 79.9. The van der Waals surface area contributed by atoms with Gasteiger partial charge in [-0.15, -0.1) is 0 Å². The molecule has 0 bridgehead atoms. The quantitative estimate of drug-likeness (QED) is 0.766. The molecule has 0 fully saturated rings. The molecule has 0 saturated heterocycles. The van der Waals surface area contributed by atoms with Crippen molar-refractivity contribution in [1.29, 1.82) is 0 Å². The molecule has 1 aromatic heterocycles. The van der Waals surface area contributed by atoms with Gasteiger partial charge in [0.2, 0.25) is 0 Å². The second-order valence-electron chi connectivity index (χ2n) is 3.27. The molecule has 0 aliphatic heterocycles. The van der Waals surface area contributed by atoms with Crippen LogP contribution in [0.1, 0.15) is 23.8 Å². The molecule has 0 aliphatic carbocycles. The monoisotopic (exact) mass is 273 g/mol. The zero-order chi connectivity index (χ0) is 11.3. The van der Waals surface area contributed by atoms with Crippen LogP contribution < -0.4 is 0 Å². The molecule has 0 N–H and O–H groups in total. The molecular formula is C10H16BrN3O. The molecule has 1 aromatic rings. The van der Waals surface area contributed by atoms with Gasteiger partial charge in [-0.1, -0.05) is 15.9 Å². The van der Waals surface area contributed by atoms with E-state index in [0.29, 0.717) is 5.69 Å². The first-order valence-corrected chi connectivity index (χ1v) is 6.16.